The Balaban J connectivity index is -0.000000636. The van der Waals surface area contributed by atoms with Crippen LogP contribution in [0.5, 0.6) is 0 Å². The largest absolute Gasteiger partial charge is 1.00 e. The summed E-state index contributed by atoms with van der Waals surface area (Å²) in [6.45, 7) is 5.93. The first-order valence-electron chi connectivity index (χ1n) is 16.0. The van der Waals surface area contributed by atoms with Crippen molar-refractivity contribution in [2.24, 2.45) is 0 Å². The smallest absolute Gasteiger partial charge is 0.397 e. The van der Waals surface area contributed by atoms with E-state index >= 15 is 0 Å². The highest BCUT2D eigenvalue weighted by molar-refractivity contribution is 7.80. The Morgan fingerprint density at radius 1 is 0.500 bits per heavy atom. The average Bonchev–Trinajstić information content (AvgIpc) is 2.82. The van der Waals surface area contributed by atoms with Gasteiger partial charge in [0.05, 0.1) is 34.3 Å². The van der Waals surface area contributed by atoms with E-state index in [0.717, 1.165) is 17.3 Å². The number of unbranched alkanes of at least 4 members (excludes halogenated alkanes) is 22. The van der Waals surface area contributed by atoms with E-state index in [0.29, 0.717) is 6.42 Å². The molecule has 38 heavy (non-hydrogen) atoms. The fourth-order valence-corrected chi connectivity index (χ4v) is 4.86. The predicted octanol–water partition coefficient (Wildman–Crippen LogP) is 6.90. The quantitative estimate of drug-likeness (QED) is 0.0609. The molecule has 0 rings (SSSR count). The summed E-state index contributed by atoms with van der Waals surface area (Å²) >= 11 is 0. The first-order chi connectivity index (χ1) is 17.6. The summed E-state index contributed by atoms with van der Waals surface area (Å²) < 4.78 is 34.1. The van der Waals surface area contributed by atoms with Crippen LogP contribution < -0.4 is 17.0 Å². The molecule has 0 spiro atoms. The van der Waals surface area contributed by atoms with Gasteiger partial charge >= 0.3 is 10.4 Å². The molecule has 234 valence electrons. The van der Waals surface area contributed by atoms with Crippen molar-refractivity contribution in [3.63, 3.8) is 0 Å². The van der Waals surface area contributed by atoms with E-state index in [-0.39, 0.29) is 23.6 Å². The van der Waals surface area contributed by atoms with Gasteiger partial charge in [-0.05, 0) is 19.3 Å². The van der Waals surface area contributed by atoms with Gasteiger partial charge in [-0.15, -0.1) is 0 Å². The van der Waals surface area contributed by atoms with Gasteiger partial charge in [0, 0.05) is 0 Å². The van der Waals surface area contributed by atoms with Gasteiger partial charge in [0.25, 0.3) is 0 Å². The number of hydrogen-bond acceptors (Lipinski definition) is 3. The minimum Gasteiger partial charge on any atom is -1.00 e. The van der Waals surface area contributed by atoms with E-state index < -0.39 is 10.4 Å². The lowest BCUT2D eigenvalue weighted by Crippen LogP contribution is -3.00. The molecule has 0 bridgehead atoms. The van der Waals surface area contributed by atoms with Crippen LogP contribution >= 0.6 is 0 Å². The molecular weight excluding hydrogens is 562 g/mol. The minimum atomic E-state index is -4.23. The summed E-state index contributed by atoms with van der Waals surface area (Å²) in [6, 6.07) is 0. The van der Waals surface area contributed by atoms with Crippen LogP contribution in [0.25, 0.3) is 0 Å². The molecular formula is C31H68BrNO4S. The Labute approximate surface area is 250 Å². The number of nitrogens with zero attached hydrogens (tertiary/aromatic N) is 1. The maximum atomic E-state index is 10.2. The SMILES string of the molecule is CCCCCCCCCCCCCCCC[N+](C)(C)C.CCCCCCCCCCCCOS(=O)(=O)O.[Br-]. The molecule has 0 aliphatic rings. The summed E-state index contributed by atoms with van der Waals surface area (Å²) in [5, 5.41) is 0. The summed E-state index contributed by atoms with van der Waals surface area (Å²) in [7, 11) is 2.65. The van der Waals surface area contributed by atoms with Crippen molar-refractivity contribution in [3.05, 3.63) is 0 Å². The number of rotatable bonds is 27. The lowest BCUT2D eigenvalue weighted by Gasteiger charge is -2.23. The standard InChI is InChI=1S/C19H42N.C12H26O4S.BrH/c1-5-6-7-8-9-10-11-12-13-14-15-16-17-18-19-20(2,3)4;1-2-3-4-5-6-7-8-9-10-11-12-16-17(13,14)15;/h5-19H2,1-4H3;2-12H2,1H3,(H,13,14,15);1H/q+1;;/p-1. The van der Waals surface area contributed by atoms with E-state index in [4.69, 9.17) is 4.55 Å². The van der Waals surface area contributed by atoms with Crippen molar-refractivity contribution in [1.82, 2.24) is 0 Å². The Hall–Kier alpha value is 0.310. The molecule has 0 unspecified atom stereocenters. The highest BCUT2D eigenvalue weighted by atomic mass is 79.9. The van der Waals surface area contributed by atoms with Crippen molar-refractivity contribution in [2.75, 3.05) is 34.3 Å². The zero-order chi connectivity index (χ0) is 28.1. The van der Waals surface area contributed by atoms with Crippen LogP contribution in [0, 0.1) is 0 Å². The normalized spacial score (nSPS) is 11.6. The molecule has 0 aromatic heterocycles. The Morgan fingerprint density at radius 2 is 0.763 bits per heavy atom. The maximum absolute atomic E-state index is 10.2. The summed E-state index contributed by atoms with van der Waals surface area (Å²) in [5.41, 5.74) is 0. The third-order valence-electron chi connectivity index (χ3n) is 6.91. The van der Waals surface area contributed by atoms with Crippen LogP contribution in [0.15, 0.2) is 0 Å². The molecule has 1 N–H and O–H groups in total. The molecule has 0 heterocycles. The third-order valence-corrected chi connectivity index (χ3v) is 7.38. The molecule has 0 aliphatic carbocycles. The fraction of sp³-hybridized carbons (Fsp3) is 1.00. The van der Waals surface area contributed by atoms with Gasteiger partial charge in [0.15, 0.2) is 0 Å². The van der Waals surface area contributed by atoms with Crippen molar-refractivity contribution >= 4 is 10.4 Å². The number of halogens is 1. The highest BCUT2D eigenvalue weighted by Gasteiger charge is 2.05. The Kier molecular flexibility index (Phi) is 35.8. The lowest BCUT2D eigenvalue weighted by molar-refractivity contribution is -0.870. The van der Waals surface area contributed by atoms with Crippen LogP contribution in [0.2, 0.25) is 0 Å². The van der Waals surface area contributed by atoms with E-state index in [1.165, 1.54) is 141 Å². The first kappa shape index (κ1) is 42.8. The maximum Gasteiger partial charge on any atom is 0.397 e. The van der Waals surface area contributed by atoms with Gasteiger partial charge in [0.2, 0.25) is 0 Å². The van der Waals surface area contributed by atoms with Crippen molar-refractivity contribution in [2.45, 2.75) is 168 Å². The van der Waals surface area contributed by atoms with Gasteiger partial charge in [-0.1, -0.05) is 149 Å². The van der Waals surface area contributed by atoms with Gasteiger partial charge < -0.3 is 21.5 Å². The molecule has 7 heteroatoms. The van der Waals surface area contributed by atoms with Gasteiger partial charge in [-0.3, -0.25) is 4.55 Å². The molecule has 0 saturated heterocycles. The van der Waals surface area contributed by atoms with Gasteiger partial charge in [0.1, 0.15) is 0 Å². The molecule has 0 atom stereocenters. The van der Waals surface area contributed by atoms with E-state index in [9.17, 15) is 8.42 Å². The van der Waals surface area contributed by atoms with E-state index in [1.807, 2.05) is 0 Å². The van der Waals surface area contributed by atoms with Gasteiger partial charge in [-0.2, -0.15) is 8.42 Å². The first-order valence-corrected chi connectivity index (χ1v) is 17.4. The predicted molar refractivity (Wildman–Crippen MR) is 163 cm³/mol. The molecule has 0 aromatic carbocycles. The summed E-state index contributed by atoms with van der Waals surface area (Å²) in [4.78, 5) is 0. The number of quaternary nitrogens is 1. The Morgan fingerprint density at radius 3 is 1.03 bits per heavy atom. The second-order valence-corrected chi connectivity index (χ2v) is 13.1. The van der Waals surface area contributed by atoms with Gasteiger partial charge in [-0.25, -0.2) is 4.18 Å². The lowest BCUT2D eigenvalue weighted by atomic mass is 10.0. The van der Waals surface area contributed by atoms with Crippen LogP contribution in [0.3, 0.4) is 0 Å². The van der Waals surface area contributed by atoms with Crippen LogP contribution in [0.4, 0.5) is 0 Å². The molecule has 0 fully saturated rings. The minimum absolute atomic E-state index is 0. The number of hydrogen-bond donors (Lipinski definition) is 1. The highest BCUT2D eigenvalue weighted by Crippen LogP contribution is 2.13. The molecule has 0 radical (unpaired) electrons. The monoisotopic (exact) mass is 629 g/mol. The van der Waals surface area contributed by atoms with Crippen LogP contribution in [-0.4, -0.2) is 51.7 Å². The second-order valence-electron chi connectivity index (χ2n) is 12.0. The molecule has 0 aliphatic heterocycles. The zero-order valence-corrected chi connectivity index (χ0v) is 28.7. The topological polar surface area (TPSA) is 63.6 Å². The van der Waals surface area contributed by atoms with E-state index in [2.05, 4.69) is 39.2 Å². The Bertz CT molecular complexity index is 538. The fourth-order valence-electron chi connectivity index (χ4n) is 4.53. The zero-order valence-electron chi connectivity index (χ0n) is 26.3. The summed E-state index contributed by atoms with van der Waals surface area (Å²) in [6.07, 6.45) is 32.2. The molecule has 5 nitrogen and oxygen atoms in total. The van der Waals surface area contributed by atoms with E-state index in [1.54, 1.807) is 0 Å². The molecule has 0 aromatic rings. The van der Waals surface area contributed by atoms with Crippen molar-refractivity contribution in [1.29, 1.82) is 0 Å². The molecule has 0 saturated carbocycles. The van der Waals surface area contributed by atoms with Crippen molar-refractivity contribution < 1.29 is 38.6 Å². The average molecular weight is 631 g/mol. The third kappa shape index (κ3) is 46.2. The second kappa shape index (κ2) is 31.8. The van der Waals surface area contributed by atoms with Crippen LogP contribution in [0.1, 0.15) is 168 Å². The van der Waals surface area contributed by atoms with Crippen LogP contribution in [-0.2, 0) is 14.6 Å². The van der Waals surface area contributed by atoms with Crippen molar-refractivity contribution in [3.8, 4) is 0 Å². The summed E-state index contributed by atoms with van der Waals surface area (Å²) in [5.74, 6) is 0. The molecule has 0 amide bonds.